The maximum Gasteiger partial charge on any atom is 0.174 e. The van der Waals surface area contributed by atoms with Crippen molar-refractivity contribution in [3.63, 3.8) is 0 Å². The van der Waals surface area contributed by atoms with Gasteiger partial charge in [0.2, 0.25) is 0 Å². The molecule has 0 spiro atoms. The molecule has 3 heteroatoms. The van der Waals surface area contributed by atoms with Gasteiger partial charge in [-0.05, 0) is 12.1 Å². The van der Waals surface area contributed by atoms with Gasteiger partial charge in [0.1, 0.15) is 11.5 Å². The molecule has 0 aliphatic heterocycles. The van der Waals surface area contributed by atoms with Crippen molar-refractivity contribution in [2.24, 2.45) is 4.99 Å². The second kappa shape index (κ2) is 3.71. The van der Waals surface area contributed by atoms with Crippen molar-refractivity contribution in [3.05, 3.63) is 30.1 Å². The highest BCUT2D eigenvalue weighted by molar-refractivity contribution is 5.55. The number of nitrogens with zero attached hydrogens (tertiary/aromatic N) is 1. The summed E-state index contributed by atoms with van der Waals surface area (Å²) in [6, 6.07) is 6.25. The number of methoxy groups -OCH3 is 1. The molecule has 0 amide bonds. The zero-order chi connectivity index (χ0) is 8.10. The van der Waals surface area contributed by atoms with Gasteiger partial charge in [-0.2, -0.15) is 0 Å². The van der Waals surface area contributed by atoms with Crippen LogP contribution in [-0.2, 0) is 4.74 Å². The van der Waals surface area contributed by atoms with Crippen LogP contribution in [0.5, 0.6) is 0 Å². The molecule has 0 aliphatic carbocycles. The van der Waals surface area contributed by atoms with Crippen molar-refractivity contribution in [2.75, 3.05) is 7.11 Å². The standard InChI is InChI=1S/C8H8FNO/c1-11-6-10-8-5-3-2-4-7(8)9/h2-6H,1H3. The lowest BCUT2D eigenvalue weighted by Gasteiger charge is -1.93. The van der Waals surface area contributed by atoms with Crippen molar-refractivity contribution < 1.29 is 9.13 Å². The smallest absolute Gasteiger partial charge is 0.174 e. The van der Waals surface area contributed by atoms with E-state index in [0.717, 1.165) is 0 Å². The minimum Gasteiger partial charge on any atom is -0.486 e. The second-order valence-electron chi connectivity index (χ2n) is 1.92. The number of hydrogen-bond acceptors (Lipinski definition) is 2. The average molecular weight is 153 g/mol. The summed E-state index contributed by atoms with van der Waals surface area (Å²) in [6.07, 6.45) is 1.19. The number of para-hydroxylation sites is 1. The molecule has 0 saturated carbocycles. The Morgan fingerprint density at radius 3 is 2.82 bits per heavy atom. The number of aliphatic imine (C=N–C) groups is 1. The number of halogens is 1. The molecule has 0 aromatic heterocycles. The molecule has 0 atom stereocenters. The molecule has 2 nitrogen and oxygen atoms in total. The molecule has 0 heterocycles. The number of rotatable bonds is 2. The first kappa shape index (κ1) is 7.72. The molecule has 11 heavy (non-hydrogen) atoms. The maximum atomic E-state index is 12.7. The van der Waals surface area contributed by atoms with Crippen molar-refractivity contribution in [1.82, 2.24) is 0 Å². The van der Waals surface area contributed by atoms with E-state index in [1.807, 2.05) is 0 Å². The molecule has 1 aromatic rings. The summed E-state index contributed by atoms with van der Waals surface area (Å²) in [5, 5.41) is 0. The van der Waals surface area contributed by atoms with Gasteiger partial charge >= 0.3 is 0 Å². The van der Waals surface area contributed by atoms with Crippen LogP contribution in [0.4, 0.5) is 10.1 Å². The van der Waals surface area contributed by atoms with Gasteiger partial charge in [-0.3, -0.25) is 0 Å². The Bertz CT molecular complexity index is 260. The number of ether oxygens (including phenoxy) is 1. The third-order valence-corrected chi connectivity index (χ3v) is 1.15. The van der Waals surface area contributed by atoms with E-state index in [-0.39, 0.29) is 11.5 Å². The van der Waals surface area contributed by atoms with Crippen LogP contribution >= 0.6 is 0 Å². The molecule has 0 radical (unpaired) electrons. The maximum absolute atomic E-state index is 12.7. The first-order valence-corrected chi connectivity index (χ1v) is 3.14. The molecule has 0 aliphatic rings. The summed E-state index contributed by atoms with van der Waals surface area (Å²) in [7, 11) is 1.46. The Hall–Kier alpha value is -1.38. The van der Waals surface area contributed by atoms with Crippen LogP contribution in [0.15, 0.2) is 29.3 Å². The summed E-state index contributed by atoms with van der Waals surface area (Å²) in [5.74, 6) is -0.346. The Morgan fingerprint density at radius 1 is 1.45 bits per heavy atom. The minimum absolute atomic E-state index is 0.286. The van der Waals surface area contributed by atoms with E-state index in [1.165, 1.54) is 19.6 Å². The highest BCUT2D eigenvalue weighted by atomic mass is 19.1. The second-order valence-corrected chi connectivity index (χ2v) is 1.92. The van der Waals surface area contributed by atoms with Crippen LogP contribution in [0.1, 0.15) is 0 Å². The van der Waals surface area contributed by atoms with E-state index in [2.05, 4.69) is 9.73 Å². The SMILES string of the molecule is COC=Nc1ccccc1F. The predicted octanol–water partition coefficient (Wildman–Crippen LogP) is 2.13. The Balaban J connectivity index is 2.86. The third kappa shape index (κ3) is 2.04. The van der Waals surface area contributed by atoms with Gasteiger partial charge in [0.05, 0.1) is 7.11 Å². The molecule has 1 rings (SSSR count). The van der Waals surface area contributed by atoms with Crippen LogP contribution in [0.2, 0.25) is 0 Å². The predicted molar refractivity (Wildman–Crippen MR) is 41.6 cm³/mol. The molecule has 0 bridgehead atoms. The summed E-state index contributed by atoms with van der Waals surface area (Å²) in [4.78, 5) is 3.70. The number of benzene rings is 1. The summed E-state index contributed by atoms with van der Waals surface area (Å²) < 4.78 is 17.3. The van der Waals surface area contributed by atoms with Gasteiger partial charge in [-0.1, -0.05) is 12.1 Å². The molecule has 0 N–H and O–H groups in total. The van der Waals surface area contributed by atoms with E-state index in [1.54, 1.807) is 18.2 Å². The Morgan fingerprint density at radius 2 is 2.18 bits per heavy atom. The van der Waals surface area contributed by atoms with Gasteiger partial charge in [-0.15, -0.1) is 0 Å². The van der Waals surface area contributed by atoms with Gasteiger partial charge in [0, 0.05) is 0 Å². The first-order chi connectivity index (χ1) is 5.34. The fraction of sp³-hybridized carbons (Fsp3) is 0.125. The monoisotopic (exact) mass is 153 g/mol. The van der Waals surface area contributed by atoms with Gasteiger partial charge in [0.25, 0.3) is 0 Å². The van der Waals surface area contributed by atoms with Crippen molar-refractivity contribution in [2.45, 2.75) is 0 Å². The Kier molecular flexibility index (Phi) is 2.60. The first-order valence-electron chi connectivity index (χ1n) is 3.14. The lowest BCUT2D eigenvalue weighted by molar-refractivity contribution is 0.423. The highest BCUT2D eigenvalue weighted by Gasteiger charge is 1.94. The molecule has 0 saturated heterocycles. The van der Waals surface area contributed by atoms with E-state index in [9.17, 15) is 4.39 Å². The molecule has 1 aromatic carbocycles. The van der Waals surface area contributed by atoms with Crippen molar-refractivity contribution >= 4 is 12.1 Å². The largest absolute Gasteiger partial charge is 0.486 e. The summed E-state index contributed by atoms with van der Waals surface area (Å²) in [5.41, 5.74) is 0.286. The third-order valence-electron chi connectivity index (χ3n) is 1.15. The van der Waals surface area contributed by atoms with E-state index >= 15 is 0 Å². The lowest BCUT2D eigenvalue weighted by atomic mass is 10.3. The van der Waals surface area contributed by atoms with E-state index in [4.69, 9.17) is 0 Å². The average Bonchev–Trinajstić information content (AvgIpc) is 2.03. The fourth-order valence-electron chi connectivity index (χ4n) is 0.666. The molecular weight excluding hydrogens is 145 g/mol. The Labute approximate surface area is 64.3 Å². The quantitative estimate of drug-likeness (QED) is 0.471. The van der Waals surface area contributed by atoms with Crippen LogP contribution < -0.4 is 0 Å². The zero-order valence-corrected chi connectivity index (χ0v) is 6.12. The normalized spacial score (nSPS) is 10.4. The van der Waals surface area contributed by atoms with E-state index < -0.39 is 0 Å². The lowest BCUT2D eigenvalue weighted by Crippen LogP contribution is -1.78. The topological polar surface area (TPSA) is 21.6 Å². The van der Waals surface area contributed by atoms with Gasteiger partial charge in [-0.25, -0.2) is 9.38 Å². The number of hydrogen-bond donors (Lipinski definition) is 0. The fourth-order valence-corrected chi connectivity index (χ4v) is 0.666. The van der Waals surface area contributed by atoms with Gasteiger partial charge in [0.15, 0.2) is 6.40 Å². The van der Waals surface area contributed by atoms with Crippen LogP contribution in [0, 0.1) is 5.82 Å². The molecule has 0 fully saturated rings. The van der Waals surface area contributed by atoms with Gasteiger partial charge < -0.3 is 4.74 Å². The van der Waals surface area contributed by atoms with Crippen molar-refractivity contribution in [3.8, 4) is 0 Å². The molecular formula is C8H8FNO. The molecule has 58 valence electrons. The van der Waals surface area contributed by atoms with E-state index in [0.29, 0.717) is 0 Å². The highest BCUT2D eigenvalue weighted by Crippen LogP contribution is 2.14. The van der Waals surface area contributed by atoms with Crippen molar-refractivity contribution in [1.29, 1.82) is 0 Å². The van der Waals surface area contributed by atoms with Crippen LogP contribution in [0.25, 0.3) is 0 Å². The minimum atomic E-state index is -0.346. The summed E-state index contributed by atoms with van der Waals surface area (Å²) in [6.45, 7) is 0. The van der Waals surface area contributed by atoms with Crippen LogP contribution in [0.3, 0.4) is 0 Å². The molecule has 0 unspecified atom stereocenters. The zero-order valence-electron chi connectivity index (χ0n) is 6.12. The van der Waals surface area contributed by atoms with Crippen LogP contribution in [-0.4, -0.2) is 13.5 Å². The summed E-state index contributed by atoms with van der Waals surface area (Å²) >= 11 is 0.